The van der Waals surface area contributed by atoms with Gasteiger partial charge in [0.25, 0.3) is 0 Å². The van der Waals surface area contributed by atoms with Crippen LogP contribution >= 0.6 is 7.37 Å². The van der Waals surface area contributed by atoms with E-state index in [4.69, 9.17) is 4.52 Å². The largest absolute Gasteiger partial charge is 0.433 e. The molecule has 0 aromatic carbocycles. The molecule has 6 heteroatoms. The summed E-state index contributed by atoms with van der Waals surface area (Å²) in [6, 6.07) is 0. The number of hydrogen-bond acceptors (Lipinski definition) is 5. The predicted molar refractivity (Wildman–Crippen MR) is 66.2 cm³/mol. The van der Waals surface area contributed by atoms with Gasteiger partial charge in [-0.15, -0.1) is 0 Å². The number of carbonyl (C=O) groups excluding carboxylic acids is 1. The molecule has 0 radical (unpaired) electrons. The molecule has 0 saturated carbocycles. The number of aliphatic hydroxyl groups excluding tert-OH is 1. The lowest BCUT2D eigenvalue weighted by molar-refractivity contribution is -0.164. The van der Waals surface area contributed by atoms with Crippen LogP contribution in [-0.4, -0.2) is 36.3 Å². The van der Waals surface area contributed by atoms with Gasteiger partial charge in [0.2, 0.25) is 13.7 Å². The molecule has 0 heterocycles. The molecule has 5 nitrogen and oxygen atoms in total. The van der Waals surface area contributed by atoms with Crippen LogP contribution in [0.5, 0.6) is 0 Å². The number of rotatable bonds is 8. The van der Waals surface area contributed by atoms with Crippen LogP contribution in [-0.2, 0) is 18.6 Å². The highest BCUT2D eigenvalue weighted by atomic mass is 31.2. The normalized spacial score (nSPS) is 13.2. The first-order valence-corrected chi connectivity index (χ1v) is 7.61. The lowest BCUT2D eigenvalue weighted by Crippen LogP contribution is -2.19. The second-order valence-corrected chi connectivity index (χ2v) is 6.86. The fourth-order valence-electron chi connectivity index (χ4n) is 1.01. The van der Waals surface area contributed by atoms with Crippen molar-refractivity contribution in [3.63, 3.8) is 0 Å². The summed E-state index contributed by atoms with van der Waals surface area (Å²) in [5.74, 6) is -0.647. The molecule has 0 fully saturated rings. The Morgan fingerprint density at radius 1 is 1.41 bits per heavy atom. The van der Waals surface area contributed by atoms with E-state index in [1.54, 1.807) is 13.8 Å². The fraction of sp³-hybridized carbons (Fsp3) is 0.727. The SMILES string of the molecule is C=C(C)C(=O)OC(O)CCOP(=O)(CC)CC. The molecule has 0 aromatic heterocycles. The Kier molecular flexibility index (Phi) is 7.35. The molecule has 1 unspecified atom stereocenters. The minimum atomic E-state index is -2.56. The summed E-state index contributed by atoms with van der Waals surface area (Å²) in [7, 11) is -2.56. The lowest BCUT2D eigenvalue weighted by atomic mass is 10.3. The van der Waals surface area contributed by atoms with E-state index in [0.29, 0.717) is 12.3 Å². The van der Waals surface area contributed by atoms with E-state index in [1.165, 1.54) is 6.92 Å². The lowest BCUT2D eigenvalue weighted by Gasteiger charge is -2.16. The van der Waals surface area contributed by atoms with E-state index in [-0.39, 0.29) is 18.6 Å². The second kappa shape index (κ2) is 7.64. The van der Waals surface area contributed by atoms with Crippen molar-refractivity contribution < 1.29 is 23.7 Å². The number of esters is 1. The monoisotopic (exact) mass is 264 g/mol. The molecule has 0 rings (SSSR count). The Bertz CT molecular complexity index is 305. The minimum absolute atomic E-state index is 0.100. The first-order chi connectivity index (χ1) is 7.84. The maximum Gasteiger partial charge on any atom is 0.335 e. The molecule has 0 aliphatic carbocycles. The average Bonchev–Trinajstić information content (AvgIpc) is 2.28. The Balaban J connectivity index is 3.93. The van der Waals surface area contributed by atoms with Crippen molar-refractivity contribution >= 4 is 13.3 Å². The zero-order valence-electron chi connectivity index (χ0n) is 10.6. The van der Waals surface area contributed by atoms with Gasteiger partial charge in [0, 0.05) is 24.3 Å². The molecular weight excluding hydrogens is 243 g/mol. The van der Waals surface area contributed by atoms with Crippen LogP contribution in [0.2, 0.25) is 0 Å². The van der Waals surface area contributed by atoms with Crippen molar-refractivity contribution in [3.05, 3.63) is 12.2 Å². The van der Waals surface area contributed by atoms with E-state index >= 15 is 0 Å². The molecule has 0 bridgehead atoms. The van der Waals surface area contributed by atoms with E-state index in [2.05, 4.69) is 11.3 Å². The summed E-state index contributed by atoms with van der Waals surface area (Å²) in [4.78, 5) is 11.0. The smallest absolute Gasteiger partial charge is 0.335 e. The molecule has 0 saturated heterocycles. The van der Waals surface area contributed by atoms with E-state index in [1.807, 2.05) is 0 Å². The summed E-state index contributed by atoms with van der Waals surface area (Å²) < 4.78 is 21.7. The maximum atomic E-state index is 11.8. The van der Waals surface area contributed by atoms with E-state index in [9.17, 15) is 14.5 Å². The highest BCUT2D eigenvalue weighted by molar-refractivity contribution is 7.58. The molecule has 17 heavy (non-hydrogen) atoms. The van der Waals surface area contributed by atoms with Gasteiger partial charge >= 0.3 is 5.97 Å². The van der Waals surface area contributed by atoms with E-state index in [0.717, 1.165) is 0 Å². The standard InChI is InChI=1S/C11H21O5P/c1-5-17(14,6-2)15-8-7-10(12)16-11(13)9(3)4/h10,12H,3,5-8H2,1-2,4H3. The molecular formula is C11H21O5P. The summed E-state index contributed by atoms with van der Waals surface area (Å²) in [6.07, 6.45) is -0.222. The van der Waals surface area contributed by atoms with Crippen LogP contribution in [0.1, 0.15) is 27.2 Å². The van der Waals surface area contributed by atoms with Crippen LogP contribution in [0.15, 0.2) is 12.2 Å². The van der Waals surface area contributed by atoms with Gasteiger partial charge in [-0.05, 0) is 6.92 Å². The van der Waals surface area contributed by atoms with Crippen LogP contribution in [0, 0.1) is 0 Å². The average molecular weight is 264 g/mol. The summed E-state index contributed by atoms with van der Waals surface area (Å²) in [5.41, 5.74) is 0.220. The Morgan fingerprint density at radius 2 is 1.94 bits per heavy atom. The third kappa shape index (κ3) is 6.61. The second-order valence-electron chi connectivity index (χ2n) is 3.71. The Labute approximate surface area is 102 Å². The molecule has 0 aliphatic rings. The molecule has 1 atom stereocenters. The van der Waals surface area contributed by atoms with Gasteiger partial charge in [0.15, 0.2) is 0 Å². The third-order valence-electron chi connectivity index (χ3n) is 2.25. The molecule has 1 N–H and O–H groups in total. The van der Waals surface area contributed by atoms with Gasteiger partial charge in [0.1, 0.15) is 0 Å². The van der Waals surface area contributed by atoms with Gasteiger partial charge in [0.05, 0.1) is 6.61 Å². The van der Waals surface area contributed by atoms with Crippen molar-refractivity contribution in [2.75, 3.05) is 18.9 Å². The van der Waals surface area contributed by atoms with Gasteiger partial charge in [-0.1, -0.05) is 20.4 Å². The highest BCUT2D eigenvalue weighted by Gasteiger charge is 2.19. The van der Waals surface area contributed by atoms with Gasteiger partial charge in [-0.3, -0.25) is 4.57 Å². The summed E-state index contributed by atoms with van der Waals surface area (Å²) in [5, 5.41) is 9.36. The molecule has 0 amide bonds. The molecule has 0 aromatic rings. The maximum absolute atomic E-state index is 11.8. The van der Waals surface area contributed by atoms with Crippen LogP contribution in [0.3, 0.4) is 0 Å². The van der Waals surface area contributed by atoms with Crippen molar-refractivity contribution in [1.82, 2.24) is 0 Å². The van der Waals surface area contributed by atoms with Crippen molar-refractivity contribution in [1.29, 1.82) is 0 Å². The quantitative estimate of drug-likeness (QED) is 0.315. The number of carbonyl (C=O) groups is 1. The van der Waals surface area contributed by atoms with Crippen LogP contribution in [0.4, 0.5) is 0 Å². The van der Waals surface area contributed by atoms with Gasteiger partial charge < -0.3 is 14.4 Å². The minimum Gasteiger partial charge on any atom is -0.433 e. The van der Waals surface area contributed by atoms with Crippen LogP contribution < -0.4 is 0 Å². The molecule has 0 spiro atoms. The van der Waals surface area contributed by atoms with E-state index < -0.39 is 19.6 Å². The highest BCUT2D eigenvalue weighted by Crippen LogP contribution is 2.45. The predicted octanol–water partition coefficient (Wildman–Crippen LogP) is 2.15. The van der Waals surface area contributed by atoms with Crippen molar-refractivity contribution in [2.24, 2.45) is 0 Å². The Hall–Kier alpha value is -0.640. The first kappa shape index (κ1) is 16.4. The zero-order chi connectivity index (χ0) is 13.5. The van der Waals surface area contributed by atoms with Crippen molar-refractivity contribution in [2.45, 2.75) is 33.5 Å². The fourth-order valence-corrected chi connectivity index (χ4v) is 2.26. The Morgan fingerprint density at radius 3 is 2.35 bits per heavy atom. The number of ether oxygens (including phenoxy) is 1. The topological polar surface area (TPSA) is 72.8 Å². The van der Waals surface area contributed by atoms with Gasteiger partial charge in [-0.2, -0.15) is 0 Å². The zero-order valence-corrected chi connectivity index (χ0v) is 11.5. The van der Waals surface area contributed by atoms with Crippen molar-refractivity contribution in [3.8, 4) is 0 Å². The summed E-state index contributed by atoms with van der Waals surface area (Å²) in [6.45, 7) is 8.57. The third-order valence-corrected chi connectivity index (χ3v) is 4.83. The van der Waals surface area contributed by atoms with Gasteiger partial charge in [-0.25, -0.2) is 4.79 Å². The first-order valence-electron chi connectivity index (χ1n) is 5.61. The van der Waals surface area contributed by atoms with Crippen LogP contribution in [0.25, 0.3) is 0 Å². The molecule has 0 aliphatic heterocycles. The number of hydrogen-bond donors (Lipinski definition) is 1. The summed E-state index contributed by atoms with van der Waals surface area (Å²) >= 11 is 0. The number of aliphatic hydroxyl groups is 1. The molecule has 100 valence electrons.